The molecule has 0 amide bonds. The number of rotatable bonds is 7. The topological polar surface area (TPSA) is 45.1 Å². The normalized spacial score (nSPS) is 10.6. The number of unbranched alkanes of at least 4 members (excludes halogenated alkanes) is 3. The quantitative estimate of drug-likeness (QED) is 0.317. The summed E-state index contributed by atoms with van der Waals surface area (Å²) < 4.78 is 1.09. The van der Waals surface area contributed by atoms with E-state index in [9.17, 15) is 0 Å². The van der Waals surface area contributed by atoms with Crippen LogP contribution in [0, 0.1) is 11.8 Å². The third-order valence-corrected chi connectivity index (χ3v) is 5.78. The summed E-state index contributed by atoms with van der Waals surface area (Å²) in [4.78, 5) is 5.75. The van der Waals surface area contributed by atoms with Gasteiger partial charge in [-0.05, 0) is 24.3 Å². The SMILES string of the molecule is OCCCCCC#Cc1csc2c(NCc3cccs3)cc(Cl)nc12. The van der Waals surface area contributed by atoms with E-state index in [-0.39, 0.29) is 6.61 Å². The van der Waals surface area contributed by atoms with Crippen LogP contribution in [-0.2, 0) is 6.54 Å². The molecule has 0 aliphatic carbocycles. The van der Waals surface area contributed by atoms with Gasteiger partial charge in [-0.25, -0.2) is 4.98 Å². The molecule has 0 aliphatic heterocycles. The van der Waals surface area contributed by atoms with Crippen LogP contribution < -0.4 is 5.32 Å². The van der Waals surface area contributed by atoms with Crippen LogP contribution in [0.5, 0.6) is 0 Å². The summed E-state index contributed by atoms with van der Waals surface area (Å²) >= 11 is 9.59. The van der Waals surface area contributed by atoms with Gasteiger partial charge < -0.3 is 10.4 Å². The summed E-state index contributed by atoms with van der Waals surface area (Å²) in [6.45, 7) is 1.03. The van der Waals surface area contributed by atoms with E-state index in [1.54, 1.807) is 22.7 Å². The number of hydrogen-bond acceptors (Lipinski definition) is 5. The highest BCUT2D eigenvalue weighted by Gasteiger charge is 2.10. The maximum absolute atomic E-state index is 8.79. The molecule has 3 rings (SSSR count). The fourth-order valence-corrected chi connectivity index (χ4v) is 4.22. The number of aliphatic hydroxyl groups is 1. The van der Waals surface area contributed by atoms with Gasteiger partial charge in [-0.15, -0.1) is 22.7 Å². The number of aromatic nitrogens is 1. The molecule has 0 radical (unpaired) electrons. The Morgan fingerprint density at radius 1 is 1.24 bits per heavy atom. The molecule has 0 aromatic carbocycles. The third kappa shape index (κ3) is 4.96. The molecule has 25 heavy (non-hydrogen) atoms. The van der Waals surface area contributed by atoms with Crippen molar-refractivity contribution >= 4 is 50.2 Å². The largest absolute Gasteiger partial charge is 0.396 e. The molecule has 2 N–H and O–H groups in total. The van der Waals surface area contributed by atoms with Crippen molar-refractivity contribution in [1.82, 2.24) is 4.98 Å². The Hall–Kier alpha value is -1.58. The van der Waals surface area contributed by atoms with Crippen LogP contribution in [-0.4, -0.2) is 16.7 Å². The van der Waals surface area contributed by atoms with Gasteiger partial charge in [-0.3, -0.25) is 0 Å². The Labute approximate surface area is 160 Å². The molecule has 0 saturated heterocycles. The number of aliphatic hydroxyl groups excluding tert-OH is 1. The summed E-state index contributed by atoms with van der Waals surface area (Å²) in [7, 11) is 0. The van der Waals surface area contributed by atoms with E-state index in [0.29, 0.717) is 5.15 Å². The summed E-state index contributed by atoms with van der Waals surface area (Å²) in [6.07, 6.45) is 3.70. The number of halogens is 1. The van der Waals surface area contributed by atoms with Gasteiger partial charge in [0.15, 0.2) is 0 Å². The number of thiophene rings is 2. The lowest BCUT2D eigenvalue weighted by atomic mass is 10.2. The molecule has 0 atom stereocenters. The molecule has 0 fully saturated rings. The molecule has 6 heteroatoms. The zero-order chi connectivity index (χ0) is 17.5. The minimum absolute atomic E-state index is 0.256. The smallest absolute Gasteiger partial charge is 0.131 e. The summed E-state index contributed by atoms with van der Waals surface area (Å²) in [5.41, 5.74) is 2.81. The maximum atomic E-state index is 8.79. The van der Waals surface area contributed by atoms with Crippen LogP contribution in [0.25, 0.3) is 10.2 Å². The predicted octanol–water partition coefficient (Wildman–Crippen LogP) is 5.53. The Morgan fingerprint density at radius 3 is 2.96 bits per heavy atom. The maximum Gasteiger partial charge on any atom is 0.131 e. The van der Waals surface area contributed by atoms with E-state index in [2.05, 4.69) is 39.7 Å². The first kappa shape index (κ1) is 18.2. The summed E-state index contributed by atoms with van der Waals surface area (Å²) in [5, 5.41) is 16.8. The number of anilines is 1. The zero-order valence-electron chi connectivity index (χ0n) is 13.7. The molecule has 3 nitrogen and oxygen atoms in total. The van der Waals surface area contributed by atoms with Crippen molar-refractivity contribution in [3.63, 3.8) is 0 Å². The monoisotopic (exact) mass is 390 g/mol. The zero-order valence-corrected chi connectivity index (χ0v) is 16.1. The van der Waals surface area contributed by atoms with Crippen LogP contribution in [0.1, 0.15) is 36.1 Å². The fraction of sp³-hybridized carbons (Fsp3) is 0.316. The first-order chi connectivity index (χ1) is 12.3. The van der Waals surface area contributed by atoms with Gasteiger partial charge in [-0.2, -0.15) is 0 Å². The number of nitrogens with zero attached hydrogens (tertiary/aromatic N) is 1. The molecule has 0 aliphatic rings. The standard InChI is InChI=1S/C19H19ClN2OS2/c20-17-11-16(21-12-15-8-6-10-24-15)19-18(22-17)14(13-25-19)7-4-2-1-3-5-9-23/h6,8,10-11,13,23H,1-3,5,9,12H2,(H,21,22). The lowest BCUT2D eigenvalue weighted by Gasteiger charge is -2.06. The predicted molar refractivity (Wildman–Crippen MR) is 109 cm³/mol. The molecule has 3 aromatic heterocycles. The first-order valence-corrected chi connectivity index (χ1v) is 10.4. The molecule has 0 bridgehead atoms. The van der Waals surface area contributed by atoms with Crippen LogP contribution in [0.2, 0.25) is 5.15 Å². The minimum Gasteiger partial charge on any atom is -0.396 e. The van der Waals surface area contributed by atoms with Crippen molar-refractivity contribution in [1.29, 1.82) is 0 Å². The number of fused-ring (bicyclic) bond motifs is 1. The van der Waals surface area contributed by atoms with Gasteiger partial charge >= 0.3 is 0 Å². The van der Waals surface area contributed by atoms with E-state index in [0.717, 1.165) is 53.7 Å². The highest BCUT2D eigenvalue weighted by Crippen LogP contribution is 2.33. The van der Waals surface area contributed by atoms with Crippen molar-refractivity contribution in [2.75, 3.05) is 11.9 Å². The number of nitrogens with one attached hydrogen (secondary N) is 1. The summed E-state index contributed by atoms with van der Waals surface area (Å²) in [6, 6.07) is 6.04. The molecular formula is C19H19ClN2OS2. The summed E-state index contributed by atoms with van der Waals surface area (Å²) in [5.74, 6) is 6.43. The van der Waals surface area contributed by atoms with E-state index in [1.807, 2.05) is 11.4 Å². The second kappa shape index (κ2) is 9.21. The molecule has 0 spiro atoms. The van der Waals surface area contributed by atoms with Crippen molar-refractivity contribution < 1.29 is 5.11 Å². The second-order valence-electron chi connectivity index (χ2n) is 5.59. The molecule has 3 aromatic rings. The minimum atomic E-state index is 0.256. The third-order valence-electron chi connectivity index (χ3n) is 3.71. The number of pyridine rings is 1. The van der Waals surface area contributed by atoms with Crippen molar-refractivity contribution in [2.45, 2.75) is 32.2 Å². The Bertz CT molecular complexity index is 878. The lowest BCUT2D eigenvalue weighted by Crippen LogP contribution is -1.98. The lowest BCUT2D eigenvalue weighted by molar-refractivity contribution is 0.283. The van der Waals surface area contributed by atoms with Crippen LogP contribution in [0.15, 0.2) is 29.0 Å². The average molecular weight is 391 g/mol. The van der Waals surface area contributed by atoms with Crippen molar-refractivity contribution in [3.05, 3.63) is 44.6 Å². The van der Waals surface area contributed by atoms with E-state index < -0.39 is 0 Å². The number of hydrogen-bond donors (Lipinski definition) is 2. The fourth-order valence-electron chi connectivity index (χ4n) is 2.45. The highest BCUT2D eigenvalue weighted by molar-refractivity contribution is 7.18. The van der Waals surface area contributed by atoms with Crippen LogP contribution in [0.4, 0.5) is 5.69 Å². The average Bonchev–Trinajstić information content (AvgIpc) is 3.26. The van der Waals surface area contributed by atoms with Gasteiger partial charge in [0, 0.05) is 35.9 Å². The van der Waals surface area contributed by atoms with Crippen LogP contribution in [0.3, 0.4) is 0 Å². The van der Waals surface area contributed by atoms with E-state index >= 15 is 0 Å². The second-order valence-corrected chi connectivity index (χ2v) is 7.89. The molecule has 0 unspecified atom stereocenters. The first-order valence-electron chi connectivity index (χ1n) is 8.21. The molecule has 130 valence electrons. The van der Waals surface area contributed by atoms with Crippen molar-refractivity contribution in [3.8, 4) is 11.8 Å². The van der Waals surface area contributed by atoms with Crippen LogP contribution >= 0.6 is 34.3 Å². The molecular weight excluding hydrogens is 372 g/mol. The Morgan fingerprint density at radius 2 is 2.16 bits per heavy atom. The van der Waals surface area contributed by atoms with E-state index in [1.165, 1.54) is 4.88 Å². The van der Waals surface area contributed by atoms with Gasteiger partial charge in [0.05, 0.1) is 16.0 Å². The molecule has 3 heterocycles. The van der Waals surface area contributed by atoms with E-state index in [4.69, 9.17) is 16.7 Å². The van der Waals surface area contributed by atoms with Gasteiger partial charge in [-0.1, -0.05) is 35.9 Å². The Balaban J connectivity index is 1.75. The van der Waals surface area contributed by atoms with Crippen molar-refractivity contribution in [2.24, 2.45) is 0 Å². The highest BCUT2D eigenvalue weighted by atomic mass is 35.5. The van der Waals surface area contributed by atoms with Gasteiger partial charge in [0.25, 0.3) is 0 Å². The Kier molecular flexibility index (Phi) is 6.71. The molecule has 0 saturated carbocycles. The van der Waals surface area contributed by atoms with Gasteiger partial charge in [0.1, 0.15) is 10.7 Å². The van der Waals surface area contributed by atoms with Gasteiger partial charge in [0.2, 0.25) is 0 Å².